The number of rotatable bonds is 5. The van der Waals surface area contributed by atoms with Crippen LogP contribution in [-0.2, 0) is 9.53 Å². The number of hydrogen-bond donors (Lipinski definition) is 1. The Morgan fingerprint density at radius 1 is 1.15 bits per heavy atom. The minimum atomic E-state index is -0.937. The fourth-order valence-electron chi connectivity index (χ4n) is 2.27. The Labute approximate surface area is 158 Å². The van der Waals surface area contributed by atoms with Gasteiger partial charge in [0.15, 0.2) is 11.2 Å². The van der Waals surface area contributed by atoms with Crippen molar-refractivity contribution in [3.63, 3.8) is 0 Å². The van der Waals surface area contributed by atoms with E-state index in [4.69, 9.17) is 4.74 Å². The van der Waals surface area contributed by atoms with E-state index in [-0.39, 0.29) is 0 Å². The summed E-state index contributed by atoms with van der Waals surface area (Å²) in [6, 6.07) is 9.69. The Balaban J connectivity index is 1.62. The lowest BCUT2D eigenvalue weighted by atomic mass is 10.2. The van der Waals surface area contributed by atoms with E-state index in [9.17, 15) is 9.59 Å². The lowest BCUT2D eigenvalue weighted by Crippen LogP contribution is -2.29. The number of aromatic nitrogens is 2. The summed E-state index contributed by atoms with van der Waals surface area (Å²) in [7, 11) is 0. The van der Waals surface area contributed by atoms with Crippen molar-refractivity contribution in [3.8, 4) is 11.3 Å². The van der Waals surface area contributed by atoms with Gasteiger partial charge in [0.1, 0.15) is 4.88 Å². The van der Waals surface area contributed by atoms with Crippen molar-refractivity contribution in [2.75, 3.05) is 5.32 Å². The molecule has 3 rings (SSSR count). The number of nitrogens with zero attached hydrogens (tertiary/aromatic N) is 2. The van der Waals surface area contributed by atoms with Gasteiger partial charge in [-0.1, -0.05) is 30.3 Å². The summed E-state index contributed by atoms with van der Waals surface area (Å²) in [5, 5.41) is 5.79. The first-order valence-electron chi connectivity index (χ1n) is 7.91. The third kappa shape index (κ3) is 4.14. The molecule has 1 amide bonds. The average molecular weight is 387 g/mol. The quantitative estimate of drug-likeness (QED) is 0.668. The van der Waals surface area contributed by atoms with Gasteiger partial charge in [0.2, 0.25) is 0 Å². The molecule has 0 aliphatic carbocycles. The van der Waals surface area contributed by atoms with Gasteiger partial charge >= 0.3 is 5.97 Å². The first-order valence-corrected chi connectivity index (χ1v) is 9.60. The van der Waals surface area contributed by atoms with Crippen LogP contribution in [0.4, 0.5) is 5.13 Å². The van der Waals surface area contributed by atoms with Crippen molar-refractivity contribution in [2.45, 2.75) is 26.9 Å². The second-order valence-electron chi connectivity index (χ2n) is 5.59. The van der Waals surface area contributed by atoms with Crippen molar-refractivity contribution in [3.05, 3.63) is 51.3 Å². The average Bonchev–Trinajstić information content (AvgIpc) is 3.21. The minimum Gasteiger partial charge on any atom is -0.448 e. The summed E-state index contributed by atoms with van der Waals surface area (Å²) >= 11 is 2.57. The molecule has 2 aromatic heterocycles. The standard InChI is InChI=1S/C18H17N3O3S2/c1-10-15(26-12(3)19-10)17(23)24-11(2)16(22)21-18-20-14(9-25-18)13-7-5-4-6-8-13/h4-9,11H,1-3H3,(H,20,21,22). The van der Waals surface area contributed by atoms with E-state index in [1.54, 1.807) is 6.92 Å². The number of amides is 1. The predicted octanol–water partition coefficient (Wildman–Crippen LogP) is 4.07. The van der Waals surface area contributed by atoms with Crippen LogP contribution in [0.2, 0.25) is 0 Å². The van der Waals surface area contributed by atoms with Crippen LogP contribution in [0.15, 0.2) is 35.7 Å². The number of nitrogens with one attached hydrogen (secondary N) is 1. The molecule has 0 bridgehead atoms. The lowest BCUT2D eigenvalue weighted by molar-refractivity contribution is -0.123. The number of hydrogen-bond acceptors (Lipinski definition) is 7. The zero-order chi connectivity index (χ0) is 18.7. The number of anilines is 1. The van der Waals surface area contributed by atoms with E-state index in [0.717, 1.165) is 16.3 Å². The molecule has 0 spiro atoms. The maximum absolute atomic E-state index is 12.3. The number of carbonyl (C=O) groups excluding carboxylic acids is 2. The fraction of sp³-hybridized carbons (Fsp3) is 0.222. The van der Waals surface area contributed by atoms with Crippen LogP contribution in [0.5, 0.6) is 0 Å². The Hall–Kier alpha value is -2.58. The predicted molar refractivity (Wildman–Crippen MR) is 103 cm³/mol. The van der Waals surface area contributed by atoms with Crippen molar-refractivity contribution in [1.29, 1.82) is 0 Å². The normalized spacial score (nSPS) is 11.8. The molecule has 1 aromatic carbocycles. The van der Waals surface area contributed by atoms with Crippen molar-refractivity contribution in [1.82, 2.24) is 9.97 Å². The van der Waals surface area contributed by atoms with E-state index in [1.807, 2.05) is 42.6 Å². The highest BCUT2D eigenvalue weighted by atomic mass is 32.1. The molecule has 0 saturated heterocycles. The Bertz CT molecular complexity index is 934. The number of thiazole rings is 2. The molecule has 134 valence electrons. The summed E-state index contributed by atoms with van der Waals surface area (Å²) in [5.74, 6) is -0.967. The molecule has 0 saturated carbocycles. The SMILES string of the molecule is Cc1nc(C)c(C(=O)OC(C)C(=O)Nc2nc(-c3ccccc3)cs2)s1. The van der Waals surface area contributed by atoms with Crippen molar-refractivity contribution < 1.29 is 14.3 Å². The number of esters is 1. The van der Waals surface area contributed by atoms with Gasteiger partial charge in [0, 0.05) is 10.9 Å². The summed E-state index contributed by atoms with van der Waals surface area (Å²) in [6.45, 7) is 5.09. The topological polar surface area (TPSA) is 81.2 Å². The highest BCUT2D eigenvalue weighted by Crippen LogP contribution is 2.25. The van der Waals surface area contributed by atoms with Gasteiger partial charge < -0.3 is 4.74 Å². The second-order valence-corrected chi connectivity index (χ2v) is 7.65. The number of carbonyl (C=O) groups is 2. The van der Waals surface area contributed by atoms with Gasteiger partial charge in [0.05, 0.1) is 16.4 Å². The lowest BCUT2D eigenvalue weighted by Gasteiger charge is -2.11. The van der Waals surface area contributed by atoms with Crippen molar-refractivity contribution in [2.24, 2.45) is 0 Å². The molecular formula is C18H17N3O3S2. The van der Waals surface area contributed by atoms with Gasteiger partial charge in [0.25, 0.3) is 5.91 Å². The van der Waals surface area contributed by atoms with E-state index >= 15 is 0 Å². The largest absolute Gasteiger partial charge is 0.448 e. The highest BCUT2D eigenvalue weighted by Gasteiger charge is 2.23. The second kappa shape index (κ2) is 7.76. The van der Waals surface area contributed by atoms with E-state index < -0.39 is 18.0 Å². The van der Waals surface area contributed by atoms with Crippen LogP contribution in [0.3, 0.4) is 0 Å². The molecule has 26 heavy (non-hydrogen) atoms. The van der Waals surface area contributed by atoms with E-state index in [2.05, 4.69) is 15.3 Å². The molecule has 2 heterocycles. The molecular weight excluding hydrogens is 370 g/mol. The highest BCUT2D eigenvalue weighted by molar-refractivity contribution is 7.14. The Morgan fingerprint density at radius 2 is 1.88 bits per heavy atom. The number of aryl methyl sites for hydroxylation is 2. The van der Waals surface area contributed by atoms with Crippen LogP contribution in [0, 0.1) is 13.8 Å². The maximum atomic E-state index is 12.3. The molecule has 0 aliphatic heterocycles. The van der Waals surface area contributed by atoms with Gasteiger partial charge in [-0.2, -0.15) is 0 Å². The first-order chi connectivity index (χ1) is 12.4. The number of ether oxygens (including phenoxy) is 1. The fourth-order valence-corrected chi connectivity index (χ4v) is 3.79. The molecule has 0 fully saturated rings. The third-order valence-corrected chi connectivity index (χ3v) is 5.36. The molecule has 0 aliphatic rings. The van der Waals surface area contributed by atoms with Crippen LogP contribution in [0.1, 0.15) is 27.3 Å². The summed E-state index contributed by atoms with van der Waals surface area (Å²) in [5.41, 5.74) is 2.36. The van der Waals surface area contributed by atoms with E-state index in [1.165, 1.54) is 29.6 Å². The summed E-state index contributed by atoms with van der Waals surface area (Å²) in [4.78, 5) is 33.5. The Kier molecular flexibility index (Phi) is 5.43. The summed E-state index contributed by atoms with van der Waals surface area (Å²) < 4.78 is 5.25. The van der Waals surface area contributed by atoms with Crippen molar-refractivity contribution >= 4 is 39.7 Å². The zero-order valence-electron chi connectivity index (χ0n) is 14.5. The van der Waals surface area contributed by atoms with Gasteiger partial charge in [-0.15, -0.1) is 22.7 Å². The first kappa shape index (κ1) is 18.2. The monoisotopic (exact) mass is 387 g/mol. The molecule has 1 unspecified atom stereocenters. The van der Waals surface area contributed by atoms with Crippen LogP contribution in [-0.4, -0.2) is 27.9 Å². The van der Waals surface area contributed by atoms with E-state index in [0.29, 0.717) is 15.7 Å². The molecule has 6 nitrogen and oxygen atoms in total. The maximum Gasteiger partial charge on any atom is 0.351 e. The van der Waals surface area contributed by atoms with Crippen LogP contribution in [0.25, 0.3) is 11.3 Å². The molecule has 1 atom stereocenters. The Morgan fingerprint density at radius 3 is 2.54 bits per heavy atom. The van der Waals surface area contributed by atoms with Crippen LogP contribution >= 0.6 is 22.7 Å². The number of benzene rings is 1. The summed E-state index contributed by atoms with van der Waals surface area (Å²) in [6.07, 6.45) is -0.937. The molecule has 1 N–H and O–H groups in total. The van der Waals surface area contributed by atoms with Crippen LogP contribution < -0.4 is 5.32 Å². The third-order valence-electron chi connectivity index (χ3n) is 3.55. The zero-order valence-corrected chi connectivity index (χ0v) is 16.1. The molecule has 3 aromatic rings. The van der Waals surface area contributed by atoms with Gasteiger partial charge in [-0.25, -0.2) is 14.8 Å². The smallest absolute Gasteiger partial charge is 0.351 e. The minimum absolute atomic E-state index is 0.419. The van der Waals surface area contributed by atoms with Gasteiger partial charge in [-0.3, -0.25) is 10.1 Å². The molecule has 8 heteroatoms. The van der Waals surface area contributed by atoms with Gasteiger partial charge in [-0.05, 0) is 20.8 Å². The molecule has 0 radical (unpaired) electrons.